The van der Waals surface area contributed by atoms with Crippen molar-refractivity contribution in [3.05, 3.63) is 0 Å². The van der Waals surface area contributed by atoms with Crippen molar-refractivity contribution < 1.29 is 4.57 Å². The van der Waals surface area contributed by atoms with Crippen molar-refractivity contribution in [1.82, 2.24) is 9.34 Å². The lowest BCUT2D eigenvalue weighted by atomic mass is 10.7. The summed E-state index contributed by atoms with van der Waals surface area (Å²) in [5.41, 5.74) is 0. The van der Waals surface area contributed by atoms with Gasteiger partial charge >= 0.3 is 0 Å². The molecular formula is C10H24ClN2OP. The predicted molar refractivity (Wildman–Crippen MR) is 69.0 cm³/mol. The largest absolute Gasteiger partial charge is 0.289 e. The Morgan fingerprint density at radius 2 is 1.27 bits per heavy atom. The molecule has 0 bridgehead atoms. The Morgan fingerprint density at radius 1 is 0.933 bits per heavy atom. The van der Waals surface area contributed by atoms with E-state index in [0.29, 0.717) is 12.0 Å². The summed E-state index contributed by atoms with van der Waals surface area (Å²) in [5, 5.41) is 0. The van der Waals surface area contributed by atoms with Gasteiger partial charge in [0.05, 0.1) is 0 Å². The molecule has 0 spiro atoms. The lowest BCUT2D eigenvalue weighted by Gasteiger charge is -2.37. The van der Waals surface area contributed by atoms with E-state index in [1.54, 1.807) is 0 Å². The van der Waals surface area contributed by atoms with Gasteiger partial charge < -0.3 is 0 Å². The highest BCUT2D eigenvalue weighted by Gasteiger charge is 2.32. The molecule has 0 saturated carbocycles. The van der Waals surface area contributed by atoms with Gasteiger partial charge in [-0.2, -0.15) is 0 Å². The van der Waals surface area contributed by atoms with Crippen LogP contribution in [0.5, 0.6) is 0 Å². The van der Waals surface area contributed by atoms with Gasteiger partial charge in [-0.15, -0.1) is 11.6 Å². The molecule has 92 valence electrons. The Kier molecular flexibility index (Phi) is 7.90. The standard InChI is InChI=1S/C10H24ClN2OP/c1-5-12(6-2)15(14,10-9-11)13(7-3)8-4/h5-10H2,1-4H3. The van der Waals surface area contributed by atoms with E-state index in [1.165, 1.54) is 0 Å². The summed E-state index contributed by atoms with van der Waals surface area (Å²) in [6, 6.07) is 0. The molecule has 0 aliphatic rings. The Balaban J connectivity index is 4.92. The highest BCUT2D eigenvalue weighted by molar-refractivity contribution is 7.59. The molecule has 0 unspecified atom stereocenters. The predicted octanol–water partition coefficient (Wildman–Crippen LogP) is 3.10. The molecule has 0 saturated heterocycles. The maximum Gasteiger partial charge on any atom is 0.217 e. The van der Waals surface area contributed by atoms with Crippen molar-refractivity contribution in [3.8, 4) is 0 Å². The topological polar surface area (TPSA) is 23.6 Å². The average molecular weight is 255 g/mol. The van der Waals surface area contributed by atoms with Crippen LogP contribution in [0.3, 0.4) is 0 Å². The van der Waals surface area contributed by atoms with Crippen molar-refractivity contribution in [2.45, 2.75) is 27.7 Å². The first kappa shape index (κ1) is 15.4. The quantitative estimate of drug-likeness (QED) is 0.491. The molecule has 0 rings (SSSR count). The third-order valence-electron chi connectivity index (χ3n) is 2.72. The monoisotopic (exact) mass is 254 g/mol. The van der Waals surface area contributed by atoms with Gasteiger partial charge in [0.2, 0.25) is 7.44 Å². The van der Waals surface area contributed by atoms with Crippen LogP contribution in [-0.4, -0.2) is 47.6 Å². The second-order valence-corrected chi connectivity index (χ2v) is 6.64. The Labute approximate surface area is 99.2 Å². The molecule has 0 aliphatic heterocycles. The lowest BCUT2D eigenvalue weighted by Crippen LogP contribution is -2.33. The molecule has 0 amide bonds. The first-order chi connectivity index (χ1) is 7.10. The van der Waals surface area contributed by atoms with Gasteiger partial charge in [-0.25, -0.2) is 9.34 Å². The first-order valence-corrected chi connectivity index (χ1v) is 8.09. The summed E-state index contributed by atoms with van der Waals surface area (Å²) < 4.78 is 17.0. The molecular weight excluding hydrogens is 231 g/mol. The molecule has 0 aromatic carbocycles. The number of rotatable bonds is 8. The van der Waals surface area contributed by atoms with E-state index in [9.17, 15) is 4.57 Å². The smallest absolute Gasteiger partial charge is 0.217 e. The van der Waals surface area contributed by atoms with Crippen LogP contribution >= 0.6 is 19.0 Å². The summed E-state index contributed by atoms with van der Waals surface area (Å²) in [6.07, 6.45) is 0.581. The second-order valence-electron chi connectivity index (χ2n) is 3.36. The molecule has 0 atom stereocenters. The van der Waals surface area contributed by atoms with E-state index >= 15 is 0 Å². The minimum atomic E-state index is -2.40. The molecule has 3 nitrogen and oxygen atoms in total. The summed E-state index contributed by atoms with van der Waals surface area (Å²) in [5.74, 6) is 0.463. The molecule has 0 radical (unpaired) electrons. The molecule has 0 fully saturated rings. The van der Waals surface area contributed by atoms with Crippen molar-refractivity contribution in [2.24, 2.45) is 0 Å². The van der Waals surface area contributed by atoms with E-state index in [4.69, 9.17) is 11.6 Å². The van der Waals surface area contributed by atoms with E-state index in [1.807, 2.05) is 27.7 Å². The Morgan fingerprint density at radius 3 is 1.47 bits per heavy atom. The molecule has 0 aliphatic carbocycles. The molecule has 0 aromatic heterocycles. The zero-order valence-corrected chi connectivity index (χ0v) is 12.0. The van der Waals surface area contributed by atoms with Crippen molar-refractivity contribution in [2.75, 3.05) is 38.2 Å². The van der Waals surface area contributed by atoms with Crippen LogP contribution in [0.25, 0.3) is 0 Å². The third kappa shape index (κ3) is 3.74. The second kappa shape index (κ2) is 7.67. The van der Waals surface area contributed by atoms with Gasteiger partial charge in [-0.3, -0.25) is 4.57 Å². The number of hydrogen-bond acceptors (Lipinski definition) is 1. The fraction of sp³-hybridized carbons (Fsp3) is 1.00. The maximum atomic E-state index is 12.9. The maximum absolute atomic E-state index is 12.9. The van der Waals surface area contributed by atoms with Gasteiger partial charge in [-0.1, -0.05) is 27.7 Å². The molecule has 0 aromatic rings. The summed E-state index contributed by atoms with van der Waals surface area (Å²) in [7, 11) is -2.40. The fourth-order valence-electron chi connectivity index (χ4n) is 1.90. The van der Waals surface area contributed by atoms with Crippen LogP contribution in [0.15, 0.2) is 0 Å². The lowest BCUT2D eigenvalue weighted by molar-refractivity contribution is 0.360. The minimum absolute atomic E-state index is 0.463. The van der Waals surface area contributed by atoms with E-state index in [-0.39, 0.29) is 0 Å². The molecule has 0 heterocycles. The SMILES string of the molecule is CCN(CC)P(=O)(CCCl)N(CC)CC. The van der Waals surface area contributed by atoms with E-state index in [2.05, 4.69) is 9.34 Å². The van der Waals surface area contributed by atoms with Gasteiger partial charge in [0, 0.05) is 38.2 Å². The van der Waals surface area contributed by atoms with Crippen molar-refractivity contribution in [1.29, 1.82) is 0 Å². The van der Waals surface area contributed by atoms with Gasteiger partial charge in [0.15, 0.2) is 0 Å². The van der Waals surface area contributed by atoms with Gasteiger partial charge in [-0.05, 0) is 0 Å². The fourth-order valence-corrected chi connectivity index (χ4v) is 5.48. The zero-order chi connectivity index (χ0) is 11.9. The summed E-state index contributed by atoms with van der Waals surface area (Å²) in [6.45, 7) is 11.5. The normalized spacial score (nSPS) is 12.7. The average Bonchev–Trinajstić information content (AvgIpc) is 2.21. The first-order valence-electron chi connectivity index (χ1n) is 5.76. The highest BCUT2D eigenvalue weighted by Crippen LogP contribution is 2.52. The molecule has 15 heavy (non-hydrogen) atoms. The Hall–Kier alpha value is 0.440. The number of hydrogen-bond donors (Lipinski definition) is 0. The van der Waals surface area contributed by atoms with Crippen LogP contribution in [0.4, 0.5) is 0 Å². The van der Waals surface area contributed by atoms with Crippen molar-refractivity contribution >= 4 is 19.0 Å². The van der Waals surface area contributed by atoms with Crippen LogP contribution < -0.4 is 0 Å². The van der Waals surface area contributed by atoms with Gasteiger partial charge in [0.1, 0.15) is 0 Å². The van der Waals surface area contributed by atoms with Gasteiger partial charge in [0.25, 0.3) is 0 Å². The zero-order valence-electron chi connectivity index (χ0n) is 10.4. The van der Waals surface area contributed by atoms with Crippen molar-refractivity contribution in [3.63, 3.8) is 0 Å². The highest BCUT2D eigenvalue weighted by atomic mass is 35.5. The molecule has 5 heteroatoms. The van der Waals surface area contributed by atoms with E-state index < -0.39 is 7.44 Å². The number of halogens is 1. The summed E-state index contributed by atoms with van der Waals surface area (Å²) in [4.78, 5) is 0. The number of alkyl halides is 1. The van der Waals surface area contributed by atoms with Crippen LogP contribution in [0, 0.1) is 0 Å². The van der Waals surface area contributed by atoms with Crippen LogP contribution in [0.2, 0.25) is 0 Å². The Bertz CT molecular complexity index is 190. The number of nitrogens with zero attached hydrogens (tertiary/aromatic N) is 2. The van der Waals surface area contributed by atoms with E-state index in [0.717, 1.165) is 26.2 Å². The summed E-state index contributed by atoms with van der Waals surface area (Å²) >= 11 is 5.78. The third-order valence-corrected chi connectivity index (χ3v) is 6.88. The van der Waals surface area contributed by atoms with Crippen LogP contribution in [-0.2, 0) is 4.57 Å². The minimum Gasteiger partial charge on any atom is -0.289 e. The molecule has 0 N–H and O–H groups in total. The van der Waals surface area contributed by atoms with Crippen LogP contribution in [0.1, 0.15) is 27.7 Å².